The summed E-state index contributed by atoms with van der Waals surface area (Å²) < 4.78 is 7.56. The second kappa shape index (κ2) is 8.55. The van der Waals surface area contributed by atoms with Crippen molar-refractivity contribution in [1.82, 2.24) is 30.2 Å². The summed E-state index contributed by atoms with van der Waals surface area (Å²) in [6.45, 7) is 3.26. The van der Waals surface area contributed by atoms with E-state index in [1.165, 1.54) is 5.56 Å². The second-order valence-electron chi connectivity index (χ2n) is 6.66. The summed E-state index contributed by atoms with van der Waals surface area (Å²) in [6, 6.07) is 14.0. The van der Waals surface area contributed by atoms with Crippen molar-refractivity contribution < 1.29 is 4.42 Å². The van der Waals surface area contributed by atoms with E-state index in [4.69, 9.17) is 4.42 Å². The number of pyridine rings is 1. The molecule has 29 heavy (non-hydrogen) atoms. The van der Waals surface area contributed by atoms with Gasteiger partial charge in [-0.05, 0) is 31.2 Å². The van der Waals surface area contributed by atoms with Crippen molar-refractivity contribution in [1.29, 1.82) is 0 Å². The van der Waals surface area contributed by atoms with Gasteiger partial charge in [-0.1, -0.05) is 23.8 Å². The van der Waals surface area contributed by atoms with Crippen molar-refractivity contribution in [3.8, 4) is 11.5 Å². The lowest BCUT2D eigenvalue weighted by molar-refractivity contribution is 0.572. The fourth-order valence-electron chi connectivity index (χ4n) is 2.95. The van der Waals surface area contributed by atoms with Crippen LogP contribution in [0.5, 0.6) is 0 Å². The average molecular weight is 389 g/mol. The molecule has 0 amide bonds. The Hall–Kier alpha value is -3.68. The van der Waals surface area contributed by atoms with Gasteiger partial charge in [-0.15, -0.1) is 10.2 Å². The second-order valence-corrected chi connectivity index (χ2v) is 6.66. The Bertz CT molecular complexity index is 1110. The van der Waals surface area contributed by atoms with Crippen molar-refractivity contribution in [2.75, 3.05) is 13.6 Å². The standard InChI is InChI=1S/C21H23N7O/c1-15-6-8-16(9-7-15)20-25-17(14-29-20)10-11-23-21(22-2)24-13-19-27-26-18-5-3-4-12-28(18)19/h3-9,12,14H,10-11,13H2,1-2H3,(H2,22,23,24). The Morgan fingerprint density at radius 3 is 2.79 bits per heavy atom. The van der Waals surface area contributed by atoms with Crippen LogP contribution in [0.2, 0.25) is 0 Å². The maximum Gasteiger partial charge on any atom is 0.226 e. The lowest BCUT2D eigenvalue weighted by Crippen LogP contribution is -2.38. The Morgan fingerprint density at radius 2 is 1.97 bits per heavy atom. The zero-order valence-electron chi connectivity index (χ0n) is 16.5. The molecular formula is C21H23N7O. The van der Waals surface area contributed by atoms with Gasteiger partial charge in [-0.2, -0.15) is 0 Å². The molecule has 4 aromatic rings. The monoisotopic (exact) mass is 389 g/mol. The molecule has 1 aromatic carbocycles. The van der Waals surface area contributed by atoms with Gasteiger partial charge < -0.3 is 15.1 Å². The van der Waals surface area contributed by atoms with Gasteiger partial charge in [0.1, 0.15) is 6.26 Å². The van der Waals surface area contributed by atoms with E-state index in [9.17, 15) is 0 Å². The minimum atomic E-state index is 0.520. The Kier molecular flexibility index (Phi) is 5.51. The van der Waals surface area contributed by atoms with Crippen molar-refractivity contribution in [3.05, 3.63) is 72.0 Å². The molecule has 0 spiro atoms. The molecule has 0 aliphatic heterocycles. The van der Waals surface area contributed by atoms with Gasteiger partial charge in [0, 0.05) is 31.8 Å². The van der Waals surface area contributed by atoms with Crippen molar-refractivity contribution >= 4 is 11.6 Å². The maximum atomic E-state index is 5.61. The van der Waals surface area contributed by atoms with Crippen LogP contribution in [0.3, 0.4) is 0 Å². The molecule has 0 aliphatic carbocycles. The van der Waals surface area contributed by atoms with Crippen LogP contribution in [-0.2, 0) is 13.0 Å². The Labute approximate surface area is 168 Å². The topological polar surface area (TPSA) is 92.6 Å². The van der Waals surface area contributed by atoms with Crippen LogP contribution in [-0.4, -0.2) is 39.1 Å². The predicted octanol–water partition coefficient (Wildman–Crippen LogP) is 2.60. The van der Waals surface area contributed by atoms with Gasteiger partial charge in [-0.3, -0.25) is 9.39 Å². The fourth-order valence-corrected chi connectivity index (χ4v) is 2.95. The van der Waals surface area contributed by atoms with Crippen LogP contribution >= 0.6 is 0 Å². The first-order valence-electron chi connectivity index (χ1n) is 9.47. The van der Waals surface area contributed by atoms with E-state index in [0.717, 1.165) is 29.1 Å². The first-order chi connectivity index (χ1) is 14.2. The number of aliphatic imine (C=N–C) groups is 1. The van der Waals surface area contributed by atoms with Crippen LogP contribution < -0.4 is 10.6 Å². The van der Waals surface area contributed by atoms with E-state index >= 15 is 0 Å². The molecule has 0 saturated carbocycles. The molecule has 148 valence electrons. The third-order valence-electron chi connectivity index (χ3n) is 4.55. The molecule has 3 heterocycles. The van der Waals surface area contributed by atoms with E-state index in [0.29, 0.717) is 24.9 Å². The molecule has 0 radical (unpaired) electrons. The number of hydrogen-bond acceptors (Lipinski definition) is 5. The van der Waals surface area contributed by atoms with E-state index in [1.54, 1.807) is 13.3 Å². The maximum absolute atomic E-state index is 5.61. The minimum Gasteiger partial charge on any atom is -0.444 e. The van der Waals surface area contributed by atoms with Gasteiger partial charge >= 0.3 is 0 Å². The molecule has 0 atom stereocenters. The fraction of sp³-hybridized carbons (Fsp3) is 0.238. The predicted molar refractivity (Wildman–Crippen MR) is 112 cm³/mol. The molecule has 4 rings (SSSR count). The van der Waals surface area contributed by atoms with Gasteiger partial charge in [0.05, 0.1) is 12.2 Å². The molecule has 0 aliphatic rings. The minimum absolute atomic E-state index is 0.520. The van der Waals surface area contributed by atoms with E-state index in [-0.39, 0.29) is 0 Å². The molecule has 0 unspecified atom stereocenters. The van der Waals surface area contributed by atoms with Gasteiger partial charge in [0.2, 0.25) is 5.89 Å². The van der Waals surface area contributed by atoms with Crippen molar-refractivity contribution in [2.24, 2.45) is 4.99 Å². The smallest absolute Gasteiger partial charge is 0.226 e. The van der Waals surface area contributed by atoms with Crippen molar-refractivity contribution in [3.63, 3.8) is 0 Å². The number of rotatable bonds is 6. The number of aromatic nitrogens is 4. The number of aryl methyl sites for hydroxylation is 1. The van der Waals surface area contributed by atoms with Crippen LogP contribution in [0.15, 0.2) is 64.3 Å². The van der Waals surface area contributed by atoms with Crippen LogP contribution in [0.25, 0.3) is 17.1 Å². The molecule has 0 saturated heterocycles. The van der Waals surface area contributed by atoms with Gasteiger partial charge in [0.15, 0.2) is 17.4 Å². The zero-order chi connectivity index (χ0) is 20.1. The van der Waals surface area contributed by atoms with Gasteiger partial charge in [0.25, 0.3) is 0 Å². The van der Waals surface area contributed by atoms with Crippen LogP contribution in [0.4, 0.5) is 0 Å². The van der Waals surface area contributed by atoms with E-state index in [1.807, 2.05) is 40.9 Å². The largest absolute Gasteiger partial charge is 0.444 e. The number of hydrogen-bond donors (Lipinski definition) is 2. The molecular weight excluding hydrogens is 366 g/mol. The average Bonchev–Trinajstić information content (AvgIpc) is 3.38. The Balaban J connectivity index is 1.28. The van der Waals surface area contributed by atoms with Crippen LogP contribution in [0, 0.1) is 6.92 Å². The number of fused-ring (bicyclic) bond motifs is 1. The zero-order valence-corrected chi connectivity index (χ0v) is 16.5. The molecule has 2 N–H and O–H groups in total. The van der Waals surface area contributed by atoms with Crippen molar-refractivity contribution in [2.45, 2.75) is 19.9 Å². The quantitative estimate of drug-likeness (QED) is 0.389. The number of oxazole rings is 1. The number of benzene rings is 1. The summed E-state index contributed by atoms with van der Waals surface area (Å²) in [5.41, 5.74) is 3.91. The highest BCUT2D eigenvalue weighted by Gasteiger charge is 2.08. The summed E-state index contributed by atoms with van der Waals surface area (Å²) in [6.07, 6.45) is 4.37. The normalized spacial score (nSPS) is 11.7. The van der Waals surface area contributed by atoms with E-state index in [2.05, 4.69) is 49.9 Å². The molecule has 0 fully saturated rings. The van der Waals surface area contributed by atoms with Gasteiger partial charge in [-0.25, -0.2) is 4.98 Å². The summed E-state index contributed by atoms with van der Waals surface area (Å²) in [5.74, 6) is 2.16. The first kappa shape index (κ1) is 18.7. The third-order valence-corrected chi connectivity index (χ3v) is 4.55. The summed E-state index contributed by atoms with van der Waals surface area (Å²) in [7, 11) is 1.74. The highest BCUT2D eigenvalue weighted by molar-refractivity contribution is 5.79. The molecule has 8 heteroatoms. The highest BCUT2D eigenvalue weighted by Crippen LogP contribution is 2.19. The molecule has 3 aromatic heterocycles. The number of nitrogens with one attached hydrogen (secondary N) is 2. The first-order valence-corrected chi connectivity index (χ1v) is 9.47. The molecule has 8 nitrogen and oxygen atoms in total. The summed E-state index contributed by atoms with van der Waals surface area (Å²) in [5, 5.41) is 14.9. The number of nitrogens with zero attached hydrogens (tertiary/aromatic N) is 5. The number of guanidine groups is 1. The lowest BCUT2D eigenvalue weighted by Gasteiger charge is -2.10. The summed E-state index contributed by atoms with van der Waals surface area (Å²) >= 11 is 0. The highest BCUT2D eigenvalue weighted by atomic mass is 16.3. The third kappa shape index (κ3) is 4.43. The van der Waals surface area contributed by atoms with Crippen LogP contribution in [0.1, 0.15) is 17.1 Å². The molecule has 0 bridgehead atoms. The lowest BCUT2D eigenvalue weighted by atomic mass is 10.1. The summed E-state index contributed by atoms with van der Waals surface area (Å²) in [4.78, 5) is 8.82. The SMILES string of the molecule is CN=C(NCCc1coc(-c2ccc(C)cc2)n1)NCc1nnc2ccccn12. The Morgan fingerprint density at radius 1 is 1.10 bits per heavy atom. The van der Waals surface area contributed by atoms with E-state index < -0.39 is 0 Å².